The van der Waals surface area contributed by atoms with E-state index in [0.29, 0.717) is 45.8 Å². The van der Waals surface area contributed by atoms with Gasteiger partial charge in [-0.25, -0.2) is 0 Å². The lowest BCUT2D eigenvalue weighted by molar-refractivity contribution is -0.137. The molecule has 0 aromatic rings. The molecular formula is C12H22N2O5S. The van der Waals surface area contributed by atoms with Crippen LogP contribution < -0.4 is 0 Å². The molecule has 0 aromatic carbocycles. The summed E-state index contributed by atoms with van der Waals surface area (Å²) in [7, 11) is -3.42. The minimum absolute atomic E-state index is 0.107. The molecule has 0 aromatic heterocycles. The molecule has 0 spiro atoms. The quantitative estimate of drug-likeness (QED) is 0.780. The zero-order valence-corrected chi connectivity index (χ0v) is 12.3. The molecule has 1 atom stereocenters. The summed E-state index contributed by atoms with van der Waals surface area (Å²) in [6.45, 7) is 2.65. The average Bonchev–Trinajstić information content (AvgIpc) is 2.46. The smallest absolute Gasteiger partial charge is 0.303 e. The predicted octanol–water partition coefficient (Wildman–Crippen LogP) is 0.140. The molecule has 0 amide bonds. The summed E-state index contributed by atoms with van der Waals surface area (Å²) in [5, 5.41) is 8.72. The van der Waals surface area contributed by atoms with E-state index >= 15 is 0 Å². The van der Waals surface area contributed by atoms with Gasteiger partial charge >= 0.3 is 5.97 Å². The number of rotatable bonds is 5. The maximum absolute atomic E-state index is 12.5. The van der Waals surface area contributed by atoms with Crippen molar-refractivity contribution in [2.45, 2.75) is 25.7 Å². The standard InChI is InChI=1S/C12H22N2O5S/c15-12(16)4-3-11-2-1-5-14(10-11)20(17,18)13-6-8-19-9-7-13/h11H,1-10H2,(H,15,16). The molecule has 2 rings (SSSR count). The van der Waals surface area contributed by atoms with E-state index in [0.717, 1.165) is 12.8 Å². The minimum Gasteiger partial charge on any atom is -0.481 e. The Balaban J connectivity index is 1.94. The third kappa shape index (κ3) is 3.91. The van der Waals surface area contributed by atoms with E-state index in [4.69, 9.17) is 9.84 Å². The van der Waals surface area contributed by atoms with Crippen molar-refractivity contribution < 1.29 is 23.1 Å². The van der Waals surface area contributed by atoms with Gasteiger partial charge in [0.2, 0.25) is 0 Å². The first-order chi connectivity index (χ1) is 9.50. The molecule has 2 fully saturated rings. The van der Waals surface area contributed by atoms with Gasteiger partial charge in [0.25, 0.3) is 10.2 Å². The van der Waals surface area contributed by atoms with Crippen LogP contribution in [0.5, 0.6) is 0 Å². The van der Waals surface area contributed by atoms with Gasteiger partial charge in [-0.2, -0.15) is 17.0 Å². The average molecular weight is 306 g/mol. The van der Waals surface area contributed by atoms with Crippen LogP contribution in [0.15, 0.2) is 0 Å². The van der Waals surface area contributed by atoms with Crippen molar-refractivity contribution in [3.05, 3.63) is 0 Å². The van der Waals surface area contributed by atoms with Crippen molar-refractivity contribution in [3.63, 3.8) is 0 Å². The monoisotopic (exact) mass is 306 g/mol. The first kappa shape index (κ1) is 15.7. The van der Waals surface area contributed by atoms with E-state index in [1.54, 1.807) is 0 Å². The highest BCUT2D eigenvalue weighted by Gasteiger charge is 2.34. The van der Waals surface area contributed by atoms with Crippen molar-refractivity contribution >= 4 is 16.2 Å². The minimum atomic E-state index is -3.42. The number of morpholine rings is 1. The third-order valence-electron chi connectivity index (χ3n) is 3.87. The number of aliphatic carboxylic acids is 1. The molecule has 7 nitrogen and oxygen atoms in total. The lowest BCUT2D eigenvalue weighted by Gasteiger charge is -2.36. The van der Waals surface area contributed by atoms with Crippen LogP contribution in [0, 0.1) is 5.92 Å². The number of hydrogen-bond acceptors (Lipinski definition) is 4. The summed E-state index contributed by atoms with van der Waals surface area (Å²) in [5.74, 6) is -0.672. The number of carbonyl (C=O) groups is 1. The maximum Gasteiger partial charge on any atom is 0.303 e. The van der Waals surface area contributed by atoms with Crippen LogP contribution in [0.3, 0.4) is 0 Å². The van der Waals surface area contributed by atoms with Crippen LogP contribution in [0.2, 0.25) is 0 Å². The van der Waals surface area contributed by atoms with Crippen molar-refractivity contribution in [2.75, 3.05) is 39.4 Å². The number of nitrogens with zero attached hydrogens (tertiary/aromatic N) is 2. The van der Waals surface area contributed by atoms with Crippen LogP contribution >= 0.6 is 0 Å². The Kier molecular flexibility index (Phi) is 5.36. The molecule has 116 valence electrons. The Labute approximate surface area is 119 Å². The van der Waals surface area contributed by atoms with Crippen molar-refractivity contribution in [1.29, 1.82) is 0 Å². The van der Waals surface area contributed by atoms with Gasteiger partial charge in [0, 0.05) is 32.6 Å². The second kappa shape index (κ2) is 6.84. The molecule has 1 unspecified atom stereocenters. The third-order valence-corrected chi connectivity index (χ3v) is 5.87. The Hall–Kier alpha value is -0.700. The molecule has 2 heterocycles. The van der Waals surface area contributed by atoms with Gasteiger partial charge in [-0.1, -0.05) is 0 Å². The van der Waals surface area contributed by atoms with Gasteiger partial charge in [0.05, 0.1) is 13.2 Å². The number of carboxylic acid groups (broad SMARTS) is 1. The molecule has 8 heteroatoms. The Bertz CT molecular complexity index is 433. The van der Waals surface area contributed by atoms with Gasteiger partial charge in [-0.15, -0.1) is 0 Å². The maximum atomic E-state index is 12.5. The van der Waals surface area contributed by atoms with E-state index in [9.17, 15) is 13.2 Å². The first-order valence-corrected chi connectivity index (χ1v) is 8.44. The number of piperidine rings is 1. The highest BCUT2D eigenvalue weighted by Crippen LogP contribution is 2.24. The van der Waals surface area contributed by atoms with Crippen molar-refractivity contribution in [2.24, 2.45) is 5.92 Å². The summed E-state index contributed by atoms with van der Waals surface area (Å²) < 4.78 is 33.2. The first-order valence-electron chi connectivity index (χ1n) is 7.05. The van der Waals surface area contributed by atoms with Gasteiger partial charge in [-0.3, -0.25) is 4.79 Å². The molecule has 2 aliphatic rings. The molecule has 0 bridgehead atoms. The second-order valence-corrected chi connectivity index (χ2v) is 7.25. The lowest BCUT2D eigenvalue weighted by atomic mass is 9.95. The van der Waals surface area contributed by atoms with Gasteiger partial charge in [-0.05, 0) is 25.2 Å². The fraction of sp³-hybridized carbons (Fsp3) is 0.917. The summed E-state index contributed by atoms with van der Waals surface area (Å²) in [6, 6.07) is 0. The molecule has 2 saturated heterocycles. The SMILES string of the molecule is O=C(O)CCC1CCCN(S(=O)(=O)N2CCOCC2)C1. The van der Waals surface area contributed by atoms with Crippen LogP contribution in [0.4, 0.5) is 0 Å². The van der Waals surface area contributed by atoms with E-state index < -0.39 is 16.2 Å². The number of carboxylic acids is 1. The molecule has 1 N–H and O–H groups in total. The van der Waals surface area contributed by atoms with E-state index in [2.05, 4.69) is 0 Å². The van der Waals surface area contributed by atoms with Crippen LogP contribution in [-0.2, 0) is 19.7 Å². The van der Waals surface area contributed by atoms with Crippen LogP contribution in [-0.4, -0.2) is 67.5 Å². The summed E-state index contributed by atoms with van der Waals surface area (Å²) in [6.07, 6.45) is 2.36. The summed E-state index contributed by atoms with van der Waals surface area (Å²) in [4.78, 5) is 10.6. The van der Waals surface area contributed by atoms with Crippen molar-refractivity contribution in [1.82, 2.24) is 8.61 Å². The molecule has 0 saturated carbocycles. The largest absolute Gasteiger partial charge is 0.481 e. The molecule has 0 radical (unpaired) electrons. The highest BCUT2D eigenvalue weighted by molar-refractivity contribution is 7.86. The fourth-order valence-corrected chi connectivity index (χ4v) is 4.44. The summed E-state index contributed by atoms with van der Waals surface area (Å²) >= 11 is 0. The Morgan fingerprint density at radius 2 is 1.90 bits per heavy atom. The van der Waals surface area contributed by atoms with Gasteiger partial charge in [0.15, 0.2) is 0 Å². The van der Waals surface area contributed by atoms with E-state index in [1.165, 1.54) is 8.61 Å². The second-order valence-electron chi connectivity index (χ2n) is 5.32. The van der Waals surface area contributed by atoms with Crippen LogP contribution in [0.25, 0.3) is 0 Å². The summed E-state index contributed by atoms with van der Waals surface area (Å²) in [5.41, 5.74) is 0. The predicted molar refractivity (Wildman–Crippen MR) is 72.5 cm³/mol. The van der Waals surface area contributed by atoms with Gasteiger partial charge < -0.3 is 9.84 Å². The number of hydrogen-bond donors (Lipinski definition) is 1. The van der Waals surface area contributed by atoms with Crippen molar-refractivity contribution in [3.8, 4) is 0 Å². The zero-order valence-electron chi connectivity index (χ0n) is 11.5. The Morgan fingerprint density at radius 3 is 2.55 bits per heavy atom. The zero-order chi connectivity index (χ0) is 14.6. The Morgan fingerprint density at radius 1 is 1.20 bits per heavy atom. The molecule has 0 aliphatic carbocycles. The van der Waals surface area contributed by atoms with E-state index in [1.807, 2.05) is 0 Å². The molecule has 20 heavy (non-hydrogen) atoms. The normalized spacial score (nSPS) is 26.5. The van der Waals surface area contributed by atoms with E-state index in [-0.39, 0.29) is 12.3 Å². The molecular weight excluding hydrogens is 284 g/mol. The topological polar surface area (TPSA) is 87.2 Å². The fourth-order valence-electron chi connectivity index (χ4n) is 2.74. The highest BCUT2D eigenvalue weighted by atomic mass is 32.2. The van der Waals surface area contributed by atoms with Crippen LogP contribution in [0.1, 0.15) is 25.7 Å². The molecule has 2 aliphatic heterocycles. The number of ether oxygens (including phenoxy) is 1. The van der Waals surface area contributed by atoms with Gasteiger partial charge in [0.1, 0.15) is 0 Å². The lowest BCUT2D eigenvalue weighted by Crippen LogP contribution is -2.51.